The molecule has 2 heterocycles. The minimum absolute atomic E-state index is 0.0781. The van der Waals surface area contributed by atoms with Crippen LogP contribution in [0.15, 0.2) is 79.1 Å². The topological polar surface area (TPSA) is 81.3 Å². The van der Waals surface area contributed by atoms with Gasteiger partial charge in [-0.05, 0) is 23.8 Å². The number of hydrogen-bond acceptors (Lipinski definition) is 6. The predicted molar refractivity (Wildman–Crippen MR) is 108 cm³/mol. The number of halogens is 3. The number of rotatable bonds is 5. The zero-order valence-electron chi connectivity index (χ0n) is 15.9. The molecule has 10 heteroatoms. The number of thioether (sulfide) groups is 1. The molecule has 1 aromatic heterocycles. The third-order valence-corrected chi connectivity index (χ3v) is 6.45. The fourth-order valence-corrected chi connectivity index (χ4v) is 5.31. The van der Waals surface area contributed by atoms with Crippen LogP contribution in [-0.2, 0) is 4.79 Å². The van der Waals surface area contributed by atoms with E-state index in [2.05, 4.69) is 10.2 Å². The fraction of sp³-hybridized carbons (Fsp3) is 0.190. The van der Waals surface area contributed by atoms with Crippen LogP contribution in [-0.4, -0.2) is 33.0 Å². The van der Waals surface area contributed by atoms with Crippen LogP contribution in [0.1, 0.15) is 21.8 Å². The Morgan fingerprint density at radius 2 is 1.65 bits per heavy atom. The quantitative estimate of drug-likeness (QED) is 0.596. The highest BCUT2D eigenvalue weighted by Crippen LogP contribution is 2.62. The molecule has 6 nitrogen and oxygen atoms in total. The van der Waals surface area contributed by atoms with Crippen LogP contribution in [0.5, 0.6) is 5.75 Å². The van der Waals surface area contributed by atoms with Gasteiger partial charge in [0.25, 0.3) is 11.6 Å². The molecule has 31 heavy (non-hydrogen) atoms. The Kier molecular flexibility index (Phi) is 5.59. The van der Waals surface area contributed by atoms with E-state index in [-0.39, 0.29) is 16.2 Å². The molecule has 0 spiro atoms. The molecule has 1 aliphatic rings. The molecule has 1 fully saturated rings. The summed E-state index contributed by atoms with van der Waals surface area (Å²) in [5.74, 6) is -1.16. The van der Waals surface area contributed by atoms with Crippen molar-refractivity contribution >= 4 is 17.7 Å². The number of carbonyl (C=O) groups excluding carboxylic acids is 1. The molecule has 1 saturated heterocycles. The molecule has 0 saturated carbocycles. The van der Waals surface area contributed by atoms with Crippen molar-refractivity contribution in [3.8, 4) is 5.75 Å². The number of aromatic nitrogens is 2. The van der Waals surface area contributed by atoms with Gasteiger partial charge in [-0.2, -0.15) is 23.4 Å². The predicted octanol–water partition coefficient (Wildman–Crippen LogP) is 4.05. The molecule has 0 bridgehead atoms. The average molecular weight is 446 g/mol. The van der Waals surface area contributed by atoms with E-state index in [0.29, 0.717) is 5.56 Å². The second-order valence-corrected chi connectivity index (χ2v) is 7.96. The van der Waals surface area contributed by atoms with E-state index < -0.39 is 28.6 Å². The molecule has 0 aliphatic carbocycles. The van der Waals surface area contributed by atoms with Crippen molar-refractivity contribution in [2.75, 3.05) is 0 Å². The normalized spacial score (nSPS) is 24.1. The second-order valence-electron chi connectivity index (χ2n) is 6.77. The Hall–Kier alpha value is -3.11. The lowest BCUT2D eigenvalue weighted by atomic mass is 9.98. The Labute approximate surface area is 180 Å². The number of carbonyl (C=O) groups is 1. The summed E-state index contributed by atoms with van der Waals surface area (Å²) in [5, 5.41) is 4.93. The van der Waals surface area contributed by atoms with Gasteiger partial charge in [-0.25, -0.2) is 0 Å². The summed E-state index contributed by atoms with van der Waals surface area (Å²) in [4.78, 5) is 12.9. The fourth-order valence-electron chi connectivity index (χ4n) is 3.58. The molecule has 1 amide bonds. The zero-order valence-corrected chi connectivity index (χ0v) is 16.8. The van der Waals surface area contributed by atoms with Crippen LogP contribution < -0.4 is 10.5 Å². The zero-order chi connectivity index (χ0) is 22.1. The minimum Gasteiger partial charge on any atom is -0.461 e. The van der Waals surface area contributed by atoms with Crippen molar-refractivity contribution in [2.45, 2.75) is 22.6 Å². The molecule has 3 unspecified atom stereocenters. The monoisotopic (exact) mass is 446 g/mol. The molecular weight excluding hydrogens is 429 g/mol. The van der Waals surface area contributed by atoms with Gasteiger partial charge in [0.2, 0.25) is 0 Å². The number of primary amides is 1. The first kappa shape index (κ1) is 21.1. The van der Waals surface area contributed by atoms with Gasteiger partial charge in [0.05, 0.1) is 16.8 Å². The number of amides is 1. The van der Waals surface area contributed by atoms with E-state index in [1.165, 1.54) is 30.6 Å². The van der Waals surface area contributed by atoms with Crippen molar-refractivity contribution < 1.29 is 22.7 Å². The summed E-state index contributed by atoms with van der Waals surface area (Å²) < 4.78 is 49.5. The summed E-state index contributed by atoms with van der Waals surface area (Å²) in [6.07, 6.45) is -2.42. The number of alkyl halides is 3. The van der Waals surface area contributed by atoms with Gasteiger partial charge >= 0.3 is 6.30 Å². The van der Waals surface area contributed by atoms with Gasteiger partial charge in [0.15, 0.2) is 0 Å². The largest absolute Gasteiger partial charge is 0.464 e. The molecule has 0 radical (unpaired) electrons. The minimum atomic E-state index is -4.95. The number of ether oxygens (including phenoxy) is 1. The Morgan fingerprint density at radius 1 is 1.00 bits per heavy atom. The van der Waals surface area contributed by atoms with Crippen LogP contribution in [0, 0.1) is 0 Å². The molecule has 160 valence electrons. The van der Waals surface area contributed by atoms with Gasteiger partial charge < -0.3 is 10.5 Å². The summed E-state index contributed by atoms with van der Waals surface area (Å²) in [7, 11) is 0. The SMILES string of the molecule is NC(=O)C1(Oc2ccccc2)C(c2ccccc2)SC(c2ccnnc2)N1C(F)(F)F. The molecule has 4 rings (SSSR count). The molecule has 2 aromatic carbocycles. The maximum absolute atomic E-state index is 14.5. The lowest BCUT2D eigenvalue weighted by Gasteiger charge is -2.40. The van der Waals surface area contributed by atoms with Crippen molar-refractivity contribution in [2.24, 2.45) is 5.73 Å². The van der Waals surface area contributed by atoms with Gasteiger partial charge in [-0.3, -0.25) is 4.79 Å². The number of nitrogens with zero attached hydrogens (tertiary/aromatic N) is 3. The maximum Gasteiger partial charge on any atom is 0.464 e. The van der Waals surface area contributed by atoms with Gasteiger partial charge in [0.1, 0.15) is 5.75 Å². The van der Waals surface area contributed by atoms with Gasteiger partial charge in [-0.1, -0.05) is 48.5 Å². The van der Waals surface area contributed by atoms with Crippen LogP contribution in [0.3, 0.4) is 0 Å². The van der Waals surface area contributed by atoms with Crippen molar-refractivity contribution in [3.05, 3.63) is 90.3 Å². The van der Waals surface area contributed by atoms with Crippen LogP contribution >= 0.6 is 11.8 Å². The van der Waals surface area contributed by atoms with E-state index in [4.69, 9.17) is 10.5 Å². The van der Waals surface area contributed by atoms with Gasteiger partial charge in [0, 0.05) is 11.8 Å². The highest BCUT2D eigenvalue weighted by atomic mass is 32.2. The second kappa shape index (κ2) is 8.20. The summed E-state index contributed by atoms with van der Waals surface area (Å²) in [5.41, 5.74) is 3.84. The van der Waals surface area contributed by atoms with Crippen LogP contribution in [0.25, 0.3) is 0 Å². The third-order valence-electron chi connectivity index (χ3n) is 4.85. The maximum atomic E-state index is 14.5. The third kappa shape index (κ3) is 3.84. The summed E-state index contributed by atoms with van der Waals surface area (Å²) >= 11 is 0.919. The first-order valence-corrected chi connectivity index (χ1v) is 10.2. The first-order chi connectivity index (χ1) is 14.8. The number of nitrogens with two attached hydrogens (primary N) is 1. The van der Waals surface area contributed by atoms with E-state index in [1.807, 2.05) is 0 Å². The Bertz CT molecular complexity index is 1040. The van der Waals surface area contributed by atoms with E-state index in [0.717, 1.165) is 11.8 Å². The highest BCUT2D eigenvalue weighted by molar-refractivity contribution is 8.00. The number of hydrogen-bond donors (Lipinski definition) is 1. The average Bonchev–Trinajstić information content (AvgIpc) is 3.12. The van der Waals surface area contributed by atoms with E-state index >= 15 is 0 Å². The first-order valence-electron chi connectivity index (χ1n) is 9.21. The Balaban J connectivity index is 1.95. The van der Waals surface area contributed by atoms with Crippen molar-refractivity contribution in [1.82, 2.24) is 15.1 Å². The van der Waals surface area contributed by atoms with Crippen LogP contribution in [0.2, 0.25) is 0 Å². The van der Waals surface area contributed by atoms with Crippen LogP contribution in [0.4, 0.5) is 13.2 Å². The van der Waals surface area contributed by atoms with Crippen molar-refractivity contribution in [3.63, 3.8) is 0 Å². The molecule has 3 aromatic rings. The Morgan fingerprint density at radius 3 is 2.19 bits per heavy atom. The van der Waals surface area contributed by atoms with E-state index in [9.17, 15) is 18.0 Å². The smallest absolute Gasteiger partial charge is 0.461 e. The van der Waals surface area contributed by atoms with E-state index in [1.54, 1.807) is 48.5 Å². The summed E-state index contributed by atoms with van der Waals surface area (Å²) in [6, 6.07) is 17.7. The highest BCUT2D eigenvalue weighted by Gasteiger charge is 2.69. The lowest BCUT2D eigenvalue weighted by molar-refractivity contribution is -0.302. The standard InChI is InChI=1S/C21H17F3N4O2S/c22-21(23,24)28-18(15-11-12-26-27-13-15)31-17(14-7-3-1-4-8-14)20(28,19(25)29)30-16-9-5-2-6-10-16/h1-13,17-18H,(H2,25,29). The molecule has 3 atom stereocenters. The lowest BCUT2D eigenvalue weighted by Crippen LogP contribution is -2.65. The number of para-hydroxylation sites is 1. The summed E-state index contributed by atoms with van der Waals surface area (Å²) in [6.45, 7) is 0. The van der Waals surface area contributed by atoms with Gasteiger partial charge in [-0.15, -0.1) is 16.7 Å². The number of benzene rings is 2. The van der Waals surface area contributed by atoms with Crippen molar-refractivity contribution in [1.29, 1.82) is 0 Å². The molecule has 1 aliphatic heterocycles. The molecular formula is C21H17F3N4O2S. The molecule has 2 N–H and O–H groups in total.